The van der Waals surface area contributed by atoms with Gasteiger partial charge >= 0.3 is 5.97 Å². The summed E-state index contributed by atoms with van der Waals surface area (Å²) in [6, 6.07) is 15.6. The number of esters is 1. The standard InChI is InChI=1S/C23H26N2O3/c1-15-6-4-5-7-19(15)21-20-14-25(13-18(20)12-24(21)2)22(26)16-8-10-17(11-9-16)23(27)28-3/h4-11,18,20-21H,12-14H2,1-3H3/t18-,20+,21-/m0/s1. The van der Waals surface area contributed by atoms with Crippen molar-refractivity contribution >= 4 is 11.9 Å². The number of amides is 1. The molecule has 2 aliphatic heterocycles. The molecule has 28 heavy (non-hydrogen) atoms. The van der Waals surface area contributed by atoms with Gasteiger partial charge in [-0.1, -0.05) is 24.3 Å². The molecule has 0 radical (unpaired) electrons. The number of benzene rings is 2. The van der Waals surface area contributed by atoms with Crippen LogP contribution in [0.4, 0.5) is 0 Å². The van der Waals surface area contributed by atoms with E-state index in [2.05, 4.69) is 43.1 Å². The van der Waals surface area contributed by atoms with Crippen LogP contribution >= 0.6 is 0 Å². The lowest BCUT2D eigenvalue weighted by molar-refractivity contribution is 0.0600. The van der Waals surface area contributed by atoms with Crippen molar-refractivity contribution in [3.05, 3.63) is 70.8 Å². The molecule has 2 fully saturated rings. The van der Waals surface area contributed by atoms with E-state index in [9.17, 15) is 9.59 Å². The van der Waals surface area contributed by atoms with Gasteiger partial charge < -0.3 is 9.64 Å². The smallest absolute Gasteiger partial charge is 0.337 e. The Kier molecular flexibility index (Phi) is 4.94. The van der Waals surface area contributed by atoms with Crippen LogP contribution in [0.3, 0.4) is 0 Å². The van der Waals surface area contributed by atoms with Crippen LogP contribution in [-0.4, -0.2) is 55.5 Å². The first-order valence-corrected chi connectivity index (χ1v) is 9.73. The second-order valence-corrected chi connectivity index (χ2v) is 7.94. The van der Waals surface area contributed by atoms with Gasteiger partial charge in [0.05, 0.1) is 12.7 Å². The minimum absolute atomic E-state index is 0.0389. The first-order valence-electron chi connectivity index (χ1n) is 9.73. The van der Waals surface area contributed by atoms with E-state index in [4.69, 9.17) is 4.74 Å². The zero-order chi connectivity index (χ0) is 19.8. The fraction of sp³-hybridized carbons (Fsp3) is 0.391. The molecule has 0 aromatic heterocycles. The number of methoxy groups -OCH3 is 1. The van der Waals surface area contributed by atoms with E-state index in [0.717, 1.165) is 19.6 Å². The highest BCUT2D eigenvalue weighted by atomic mass is 16.5. The van der Waals surface area contributed by atoms with E-state index in [1.165, 1.54) is 18.2 Å². The Morgan fingerprint density at radius 2 is 1.64 bits per heavy atom. The molecular weight excluding hydrogens is 352 g/mol. The van der Waals surface area contributed by atoms with Crippen molar-refractivity contribution < 1.29 is 14.3 Å². The Balaban J connectivity index is 1.51. The van der Waals surface area contributed by atoms with E-state index in [1.54, 1.807) is 24.3 Å². The molecule has 0 bridgehead atoms. The molecule has 3 atom stereocenters. The molecule has 5 nitrogen and oxygen atoms in total. The fourth-order valence-corrected chi connectivity index (χ4v) is 4.86. The number of hydrogen-bond donors (Lipinski definition) is 0. The summed E-state index contributed by atoms with van der Waals surface area (Å²) in [6.45, 7) is 4.73. The maximum Gasteiger partial charge on any atom is 0.337 e. The van der Waals surface area contributed by atoms with Crippen LogP contribution in [0.2, 0.25) is 0 Å². The number of likely N-dealkylation sites (tertiary alicyclic amines) is 2. The monoisotopic (exact) mass is 378 g/mol. The number of aryl methyl sites for hydroxylation is 1. The van der Waals surface area contributed by atoms with Crippen LogP contribution in [0.25, 0.3) is 0 Å². The van der Waals surface area contributed by atoms with E-state index >= 15 is 0 Å². The molecule has 2 aliphatic rings. The van der Waals surface area contributed by atoms with E-state index in [-0.39, 0.29) is 11.9 Å². The predicted octanol–water partition coefficient (Wildman–Crippen LogP) is 3.16. The minimum Gasteiger partial charge on any atom is -0.465 e. The van der Waals surface area contributed by atoms with Gasteiger partial charge in [-0.2, -0.15) is 0 Å². The van der Waals surface area contributed by atoms with Gasteiger partial charge in [0, 0.05) is 37.2 Å². The third-order valence-electron chi connectivity index (χ3n) is 6.24. The molecule has 2 saturated heterocycles. The maximum absolute atomic E-state index is 13.0. The highest BCUT2D eigenvalue weighted by Crippen LogP contribution is 2.45. The van der Waals surface area contributed by atoms with Gasteiger partial charge in [-0.05, 0) is 55.3 Å². The van der Waals surface area contributed by atoms with Crippen molar-refractivity contribution in [2.24, 2.45) is 11.8 Å². The summed E-state index contributed by atoms with van der Waals surface area (Å²) in [5, 5.41) is 0. The number of ether oxygens (including phenoxy) is 1. The number of rotatable bonds is 3. The van der Waals surface area contributed by atoms with Gasteiger partial charge in [0.2, 0.25) is 0 Å². The third kappa shape index (κ3) is 3.20. The highest BCUT2D eigenvalue weighted by Gasteiger charge is 2.47. The molecule has 2 heterocycles. The third-order valence-corrected chi connectivity index (χ3v) is 6.24. The largest absolute Gasteiger partial charge is 0.465 e. The number of nitrogens with zero attached hydrogens (tertiary/aromatic N) is 2. The molecule has 2 aromatic rings. The summed E-state index contributed by atoms with van der Waals surface area (Å²) in [7, 11) is 3.54. The second kappa shape index (κ2) is 7.40. The summed E-state index contributed by atoms with van der Waals surface area (Å²) >= 11 is 0. The first-order chi connectivity index (χ1) is 13.5. The van der Waals surface area contributed by atoms with Crippen LogP contribution in [0.5, 0.6) is 0 Å². The fourth-order valence-electron chi connectivity index (χ4n) is 4.86. The Morgan fingerprint density at radius 1 is 0.964 bits per heavy atom. The average molecular weight is 378 g/mol. The summed E-state index contributed by atoms with van der Waals surface area (Å²) in [5.41, 5.74) is 3.75. The SMILES string of the molecule is COC(=O)c1ccc(C(=O)N2C[C@@H]3CN(C)[C@@H](c4ccccc4C)[C@@H]3C2)cc1. The molecule has 146 valence electrons. The highest BCUT2D eigenvalue weighted by molar-refractivity contribution is 5.96. The van der Waals surface area contributed by atoms with Crippen LogP contribution in [0.1, 0.15) is 37.9 Å². The van der Waals surface area contributed by atoms with Crippen molar-refractivity contribution in [2.45, 2.75) is 13.0 Å². The number of hydrogen-bond acceptors (Lipinski definition) is 4. The molecule has 4 rings (SSSR count). The Labute approximate surface area is 165 Å². The topological polar surface area (TPSA) is 49.9 Å². The maximum atomic E-state index is 13.0. The van der Waals surface area contributed by atoms with Crippen molar-refractivity contribution in [3.8, 4) is 0 Å². The van der Waals surface area contributed by atoms with Crippen LogP contribution in [-0.2, 0) is 4.74 Å². The lowest BCUT2D eigenvalue weighted by Gasteiger charge is -2.28. The minimum atomic E-state index is -0.390. The van der Waals surface area contributed by atoms with Crippen molar-refractivity contribution in [2.75, 3.05) is 33.8 Å². The van der Waals surface area contributed by atoms with Crippen LogP contribution < -0.4 is 0 Å². The Hall–Kier alpha value is -2.66. The Bertz CT molecular complexity index is 893. The molecule has 0 saturated carbocycles. The summed E-state index contributed by atoms with van der Waals surface area (Å²) < 4.78 is 4.72. The van der Waals surface area contributed by atoms with Crippen molar-refractivity contribution in [3.63, 3.8) is 0 Å². The summed E-state index contributed by atoms with van der Waals surface area (Å²) in [4.78, 5) is 29.0. The summed E-state index contributed by atoms with van der Waals surface area (Å²) in [5.74, 6) is 0.591. The molecule has 0 aliphatic carbocycles. The summed E-state index contributed by atoms with van der Waals surface area (Å²) in [6.07, 6.45) is 0. The molecular formula is C23H26N2O3. The van der Waals surface area contributed by atoms with Gasteiger partial charge in [-0.25, -0.2) is 4.79 Å². The van der Waals surface area contributed by atoms with E-state index in [0.29, 0.717) is 29.0 Å². The number of fused-ring (bicyclic) bond motifs is 1. The quantitative estimate of drug-likeness (QED) is 0.770. The van der Waals surface area contributed by atoms with Crippen molar-refractivity contribution in [1.29, 1.82) is 0 Å². The zero-order valence-electron chi connectivity index (χ0n) is 16.6. The average Bonchev–Trinajstić information content (AvgIpc) is 3.24. The Morgan fingerprint density at radius 3 is 2.32 bits per heavy atom. The lowest BCUT2D eigenvalue weighted by Crippen LogP contribution is -2.33. The predicted molar refractivity (Wildman–Crippen MR) is 107 cm³/mol. The van der Waals surface area contributed by atoms with Gasteiger partial charge in [0.1, 0.15) is 0 Å². The van der Waals surface area contributed by atoms with Gasteiger partial charge in [0.15, 0.2) is 0 Å². The van der Waals surface area contributed by atoms with Crippen LogP contribution in [0, 0.1) is 18.8 Å². The molecule has 1 amide bonds. The van der Waals surface area contributed by atoms with Gasteiger partial charge in [-0.3, -0.25) is 9.69 Å². The van der Waals surface area contributed by atoms with Gasteiger partial charge in [0.25, 0.3) is 5.91 Å². The number of carbonyl (C=O) groups is 2. The zero-order valence-corrected chi connectivity index (χ0v) is 16.6. The van der Waals surface area contributed by atoms with Gasteiger partial charge in [-0.15, -0.1) is 0 Å². The first kappa shape index (κ1) is 18.7. The molecule has 0 N–H and O–H groups in total. The molecule has 5 heteroatoms. The normalized spacial score (nSPS) is 24.2. The molecule has 0 spiro atoms. The second-order valence-electron chi connectivity index (χ2n) is 7.94. The van der Waals surface area contributed by atoms with Crippen LogP contribution in [0.15, 0.2) is 48.5 Å². The lowest BCUT2D eigenvalue weighted by atomic mass is 9.88. The van der Waals surface area contributed by atoms with E-state index < -0.39 is 0 Å². The van der Waals surface area contributed by atoms with Crippen molar-refractivity contribution in [1.82, 2.24) is 9.80 Å². The number of carbonyl (C=O) groups excluding carboxylic acids is 2. The van der Waals surface area contributed by atoms with E-state index in [1.807, 2.05) is 4.90 Å². The molecule has 0 unspecified atom stereocenters. The molecule has 2 aromatic carbocycles.